The number of hydrogen-bond donors (Lipinski definition) is 6. The van der Waals surface area contributed by atoms with E-state index in [0.717, 1.165) is 141 Å². The van der Waals surface area contributed by atoms with Gasteiger partial charge in [-0.1, -0.05) is 181 Å². The Hall–Kier alpha value is -10.4. The number of nitrogens with one attached hydrogen (secondary N) is 6. The lowest BCUT2D eigenvalue weighted by molar-refractivity contribution is -0.143. The Labute approximate surface area is 808 Å². The summed E-state index contributed by atoms with van der Waals surface area (Å²) < 4.78 is 55.1. The van der Waals surface area contributed by atoms with Crippen molar-refractivity contribution in [1.82, 2.24) is 31.6 Å². The predicted molar refractivity (Wildman–Crippen MR) is 529 cm³/mol. The van der Waals surface area contributed by atoms with Crippen molar-refractivity contribution in [3.8, 4) is 22.3 Å². The topological polar surface area (TPSA) is 365 Å². The fourth-order valence-corrected chi connectivity index (χ4v) is 16.1. The largest absolute Gasteiger partial charge is 0.461 e. The predicted octanol–water partition coefficient (Wildman–Crippen LogP) is 19.0. The molecule has 1 heterocycles. The van der Waals surface area contributed by atoms with Crippen LogP contribution >= 0.6 is 0 Å². The molecule has 0 fully saturated rings. The van der Waals surface area contributed by atoms with Crippen molar-refractivity contribution < 1.29 is 100 Å². The van der Waals surface area contributed by atoms with Crippen LogP contribution in [-0.2, 0) is 85.7 Å². The molecule has 7 rings (SSSR count). The minimum absolute atomic E-state index is 0.0122. The molecule has 0 unspecified atom stereocenters. The molecule has 2 atom stereocenters. The Bertz CT molecular complexity index is 4190. The highest BCUT2D eigenvalue weighted by Crippen LogP contribution is 2.46. The van der Waals surface area contributed by atoms with Crippen molar-refractivity contribution in [2.24, 2.45) is 0 Å². The number of amides is 5. The van der Waals surface area contributed by atoms with E-state index < -0.39 is 24.3 Å². The Morgan fingerprint density at radius 2 is 0.669 bits per heavy atom. The van der Waals surface area contributed by atoms with E-state index in [2.05, 4.69) is 105 Å². The first-order chi connectivity index (χ1) is 66.5. The molecule has 4 aromatic carbocycles. The number of ether oxygens (including phenoxy) is 10. The molecule has 0 spiro atoms. The van der Waals surface area contributed by atoms with Crippen molar-refractivity contribution in [3.05, 3.63) is 169 Å². The van der Waals surface area contributed by atoms with Crippen LogP contribution in [0.25, 0.3) is 22.3 Å². The van der Waals surface area contributed by atoms with Gasteiger partial charge in [0.15, 0.2) is 11.6 Å². The highest BCUT2D eigenvalue weighted by molar-refractivity contribution is 5.94. The molecule has 136 heavy (non-hydrogen) atoms. The second kappa shape index (κ2) is 73.8. The first-order valence-corrected chi connectivity index (χ1v) is 50.3. The van der Waals surface area contributed by atoms with Crippen LogP contribution in [0.15, 0.2) is 141 Å². The number of ketones is 4. The number of aromatic nitrogens is 1. The van der Waals surface area contributed by atoms with Crippen molar-refractivity contribution >= 4 is 70.8 Å². The normalized spacial score (nSPS) is 12.1. The van der Waals surface area contributed by atoms with Gasteiger partial charge < -0.3 is 79.3 Å². The van der Waals surface area contributed by atoms with Crippen LogP contribution in [0.3, 0.4) is 0 Å². The van der Waals surface area contributed by atoms with Gasteiger partial charge in [0.1, 0.15) is 43.8 Å². The molecule has 6 N–H and O–H groups in total. The number of alkyl carbamates (subject to hydrolysis) is 2. The number of anilines is 1. The maximum Gasteiger partial charge on any atom is 0.407 e. The number of rotatable bonds is 81. The minimum atomic E-state index is -0.723. The van der Waals surface area contributed by atoms with Crippen LogP contribution in [0.1, 0.15) is 302 Å². The zero-order valence-corrected chi connectivity index (χ0v) is 81.4. The number of fused-ring (bicyclic) bond motifs is 6. The zero-order chi connectivity index (χ0) is 97.3. The van der Waals surface area contributed by atoms with Gasteiger partial charge in [-0.25, -0.2) is 14.6 Å². The van der Waals surface area contributed by atoms with Gasteiger partial charge >= 0.3 is 24.1 Å². The van der Waals surface area contributed by atoms with Crippen molar-refractivity contribution in [2.45, 2.75) is 281 Å². The molecule has 0 saturated heterocycles. The van der Waals surface area contributed by atoms with Crippen molar-refractivity contribution in [3.63, 3.8) is 0 Å². The van der Waals surface area contributed by atoms with E-state index in [1.807, 2.05) is 48.5 Å². The molecular weight excluding hydrogens is 1730 g/mol. The number of hydrogen-bond acceptors (Lipinski definition) is 23. The third kappa shape index (κ3) is 50.1. The number of carbonyl (C=O) groups excluding carboxylic acids is 11. The molecule has 1 aromatic heterocycles. The number of pyridine rings is 1. The van der Waals surface area contributed by atoms with Gasteiger partial charge in [0.25, 0.3) is 5.91 Å². The van der Waals surface area contributed by atoms with Crippen molar-refractivity contribution in [2.75, 3.05) is 138 Å². The lowest BCUT2D eigenvalue weighted by Gasteiger charge is -2.19. The Balaban J connectivity index is 0.000000422. The van der Waals surface area contributed by atoms with E-state index in [9.17, 15) is 52.7 Å². The lowest BCUT2D eigenvalue weighted by Crippen LogP contribution is -2.41. The van der Waals surface area contributed by atoms with Gasteiger partial charge in [0.2, 0.25) is 11.8 Å². The fraction of sp³-hybridized carbons (Fsp3) is 0.593. The van der Waals surface area contributed by atoms with Crippen LogP contribution in [-0.4, -0.2) is 214 Å². The average Bonchev–Trinajstić information content (AvgIpc) is 1.62. The molecule has 28 nitrogen and oxygen atoms in total. The van der Waals surface area contributed by atoms with Gasteiger partial charge in [-0.3, -0.25) is 43.2 Å². The van der Waals surface area contributed by atoms with E-state index in [0.29, 0.717) is 251 Å². The Morgan fingerprint density at radius 3 is 1.02 bits per heavy atom. The van der Waals surface area contributed by atoms with Crippen LogP contribution in [0.2, 0.25) is 0 Å². The second-order valence-corrected chi connectivity index (χ2v) is 34.6. The van der Waals surface area contributed by atoms with E-state index in [1.54, 1.807) is 37.5 Å². The smallest absolute Gasteiger partial charge is 0.407 e. The van der Waals surface area contributed by atoms with E-state index in [-0.39, 0.29) is 91.7 Å². The number of benzene rings is 4. The van der Waals surface area contributed by atoms with Gasteiger partial charge in [-0.15, -0.1) is 0 Å². The molecule has 750 valence electrons. The van der Waals surface area contributed by atoms with Crippen LogP contribution in [0, 0.1) is 0 Å². The van der Waals surface area contributed by atoms with Gasteiger partial charge in [0.05, 0.1) is 70.5 Å². The molecule has 0 saturated carbocycles. The fourth-order valence-electron chi connectivity index (χ4n) is 16.1. The zero-order valence-electron chi connectivity index (χ0n) is 81.4. The maximum atomic E-state index is 13.5. The highest BCUT2D eigenvalue weighted by atomic mass is 16.6. The third-order valence-corrected chi connectivity index (χ3v) is 23.7. The summed E-state index contributed by atoms with van der Waals surface area (Å²) in [6.07, 6.45) is 30.8. The summed E-state index contributed by atoms with van der Waals surface area (Å²) >= 11 is 0. The summed E-state index contributed by atoms with van der Waals surface area (Å²) in [5.74, 6) is 0.376. The number of carbonyl (C=O) groups is 11. The number of unbranched alkanes of at least 4 members (excludes halogenated alkanes) is 17. The first kappa shape index (κ1) is 114. The summed E-state index contributed by atoms with van der Waals surface area (Å²) in [6.45, 7) is 17.1. The minimum Gasteiger partial charge on any atom is -0.461 e. The monoisotopic (exact) mass is 1890 g/mol. The molecule has 0 radical (unpaired) electrons. The molecular formula is C108H157N7O21. The van der Waals surface area contributed by atoms with E-state index >= 15 is 0 Å². The summed E-state index contributed by atoms with van der Waals surface area (Å²) in [6, 6.07) is 34.7. The molecule has 5 amide bonds. The van der Waals surface area contributed by atoms with E-state index in [1.165, 1.54) is 12.8 Å². The Morgan fingerprint density at radius 1 is 0.346 bits per heavy atom. The van der Waals surface area contributed by atoms with E-state index in [4.69, 9.17) is 47.4 Å². The van der Waals surface area contributed by atoms with Crippen molar-refractivity contribution in [1.29, 1.82) is 0 Å². The number of esters is 2. The quantitative estimate of drug-likeness (QED) is 0.00911. The summed E-state index contributed by atoms with van der Waals surface area (Å²) in [4.78, 5) is 142. The van der Waals surface area contributed by atoms with Gasteiger partial charge in [-0.05, 0) is 191 Å². The number of Topliss-reactive ketones (excluding diaryl/α,β-unsaturated/α-hetero) is 4. The first-order valence-electron chi connectivity index (χ1n) is 50.3. The second-order valence-electron chi connectivity index (χ2n) is 34.6. The summed E-state index contributed by atoms with van der Waals surface area (Å²) in [5, 5.41) is 17.5. The SMILES string of the molecule is C=CCOC(=O)CCCCOCCOCCOCCCCC(=O)[C@H](CCCCNC(=O)CCCCCCC(=O)CCCCCC)NC(=O)OCC1c2ccccc2-c2ccccc21.C=CCOC(=O)CCCCOCCOCCOCCCCC(=O)[C@H](CCCCNC(=O)CCCCCCC(=O)CCCCCNC(=O)c1ccc(NC)nc1)NC(=O)OCC1c2ccccc2-c2ccccc21. The summed E-state index contributed by atoms with van der Waals surface area (Å²) in [7, 11) is 1.77. The van der Waals surface area contributed by atoms with Crippen LogP contribution < -0.4 is 31.9 Å². The van der Waals surface area contributed by atoms with Crippen LogP contribution in [0.4, 0.5) is 15.4 Å². The molecule has 28 heteroatoms. The molecule has 0 bridgehead atoms. The molecule has 5 aromatic rings. The summed E-state index contributed by atoms with van der Waals surface area (Å²) in [5.41, 5.74) is 9.52. The Kier molecular flexibility index (Phi) is 62.1. The molecule has 0 aliphatic heterocycles. The maximum absolute atomic E-state index is 13.5. The number of nitrogens with zero attached hydrogens (tertiary/aromatic N) is 1. The molecule has 2 aliphatic rings. The van der Waals surface area contributed by atoms with Gasteiger partial charge in [-0.2, -0.15) is 0 Å². The third-order valence-electron chi connectivity index (χ3n) is 23.7. The van der Waals surface area contributed by atoms with Crippen LogP contribution in [0.5, 0.6) is 0 Å². The average molecular weight is 1890 g/mol. The highest BCUT2D eigenvalue weighted by Gasteiger charge is 2.32. The molecule has 2 aliphatic carbocycles. The lowest BCUT2D eigenvalue weighted by atomic mass is 9.98. The standard InChI is InChI=1S/C57H81N5O11.C51H76N2O10/c1-3-35-72-55(66)30-16-20-37-70-39-41-71-40-38-69-36-19-15-28-52(64)51(62-57(68)73-43-50-48-25-12-10-23-46(48)47-24-11-13-26-49(47)50)27-14-18-33-59-54(65)29-9-5-4-7-21-45(63)22-8-6-17-34-60-56(67)44-31-32-53(58-2)61-42-44;1-3-5-6-9-22-41(54)23-10-7-8-11-30-49(56)52-32-19-16-28-47(53-51(58)63-40-46-44-26-14-12-24-42(44)43-25-13-15-27-45(43)46)48(55)29-17-20-34-59-36-38-61-39-37-60-35-21-18-31-50(57)62-33-4-2/h3,10-13,23-26,31-32,42,50-51H,1,4-9,14-22,27-30,33-41,43H2,2H3,(H,58,61)(H,59,65)(H,60,67)(H,62,68);4,12-15,24-27,46-47H,2-3,5-11,16-23,28-40H2,1H3,(H,52,56)(H,53,58)/t51-;47-/m00/s1. The van der Waals surface area contributed by atoms with Gasteiger partial charge in [0, 0.05) is 135 Å².